The molecule has 1 saturated carbocycles. The van der Waals surface area contributed by atoms with Crippen LogP contribution in [0.3, 0.4) is 0 Å². The summed E-state index contributed by atoms with van der Waals surface area (Å²) < 4.78 is 0. The van der Waals surface area contributed by atoms with E-state index in [2.05, 4.69) is 28.5 Å². The van der Waals surface area contributed by atoms with Gasteiger partial charge in [0, 0.05) is 29.6 Å². The van der Waals surface area contributed by atoms with Crippen molar-refractivity contribution in [3.8, 4) is 11.1 Å². The largest absolute Gasteiger partial charge is 0.353 e. The van der Waals surface area contributed by atoms with E-state index in [1.165, 1.54) is 29.0 Å². The van der Waals surface area contributed by atoms with Gasteiger partial charge >= 0.3 is 0 Å². The second-order valence-electron chi connectivity index (χ2n) is 6.03. The van der Waals surface area contributed by atoms with Gasteiger partial charge in [0.2, 0.25) is 0 Å². The van der Waals surface area contributed by atoms with E-state index in [1.807, 2.05) is 5.01 Å². The van der Waals surface area contributed by atoms with Crippen molar-refractivity contribution in [2.45, 2.75) is 32.0 Å². The highest BCUT2D eigenvalue weighted by Crippen LogP contribution is 2.45. The molecular formula is C16H19ClN4S. The van der Waals surface area contributed by atoms with Gasteiger partial charge in [0.1, 0.15) is 0 Å². The zero-order valence-electron chi connectivity index (χ0n) is 12.3. The molecule has 2 aromatic rings. The molecule has 4 N–H and O–H groups in total. The highest BCUT2D eigenvalue weighted by Gasteiger charge is 2.35. The zero-order chi connectivity index (χ0) is 15.3. The first-order valence-electron chi connectivity index (χ1n) is 7.53. The third kappa shape index (κ3) is 2.43. The Morgan fingerprint density at radius 3 is 2.82 bits per heavy atom. The minimum Gasteiger partial charge on any atom is -0.353 e. The molecular weight excluding hydrogens is 316 g/mol. The number of hydrogen-bond donors (Lipinski definition) is 2. The second-order valence-corrected chi connectivity index (χ2v) is 7.40. The van der Waals surface area contributed by atoms with Crippen LogP contribution < -0.4 is 16.5 Å². The fraction of sp³-hybridized carbons (Fsp3) is 0.375. The molecule has 0 spiro atoms. The maximum Gasteiger partial charge on any atom is 0.0844 e. The van der Waals surface area contributed by atoms with Crippen molar-refractivity contribution in [1.82, 2.24) is 5.01 Å². The minimum atomic E-state index is 0.573. The lowest BCUT2D eigenvalue weighted by molar-refractivity contribution is 0.259. The lowest BCUT2D eigenvalue weighted by Gasteiger charge is -2.37. The molecule has 1 aromatic heterocycles. The van der Waals surface area contributed by atoms with Crippen molar-refractivity contribution >= 4 is 28.6 Å². The summed E-state index contributed by atoms with van der Waals surface area (Å²) in [7, 11) is 0. The summed E-state index contributed by atoms with van der Waals surface area (Å²) in [5.74, 6) is 6.06. The van der Waals surface area contributed by atoms with E-state index >= 15 is 0 Å². The summed E-state index contributed by atoms with van der Waals surface area (Å²) in [5.41, 5.74) is 10.4. The number of thiophene rings is 1. The van der Waals surface area contributed by atoms with Crippen LogP contribution in [-0.2, 0) is 13.1 Å². The Bertz CT molecular complexity index is 710. The van der Waals surface area contributed by atoms with Gasteiger partial charge in [-0.2, -0.15) is 0 Å². The molecule has 6 heteroatoms. The van der Waals surface area contributed by atoms with Crippen LogP contribution in [0.2, 0.25) is 5.02 Å². The maximum absolute atomic E-state index is 6.80. The van der Waals surface area contributed by atoms with Crippen molar-refractivity contribution in [2.24, 2.45) is 11.6 Å². The maximum atomic E-state index is 6.80. The van der Waals surface area contributed by atoms with Crippen molar-refractivity contribution < 1.29 is 0 Å². The van der Waals surface area contributed by atoms with Crippen LogP contribution >= 0.6 is 22.9 Å². The van der Waals surface area contributed by atoms with Gasteiger partial charge in [0.25, 0.3) is 0 Å². The average Bonchev–Trinajstić information content (AvgIpc) is 3.25. The van der Waals surface area contributed by atoms with Gasteiger partial charge in [0.05, 0.1) is 17.4 Å². The number of hydrogen-bond acceptors (Lipinski definition) is 5. The number of hydrazine groups is 1. The molecule has 0 radical (unpaired) electrons. The normalized spacial score (nSPS) is 18.6. The molecule has 4 rings (SSSR count). The Kier molecular flexibility index (Phi) is 3.63. The Morgan fingerprint density at radius 2 is 2.14 bits per heavy atom. The van der Waals surface area contributed by atoms with E-state index in [-0.39, 0.29) is 0 Å². The van der Waals surface area contributed by atoms with Crippen LogP contribution in [0.25, 0.3) is 11.1 Å². The molecule has 1 aromatic carbocycles. The van der Waals surface area contributed by atoms with Crippen molar-refractivity contribution in [3.05, 3.63) is 39.0 Å². The molecule has 1 fully saturated rings. The van der Waals surface area contributed by atoms with E-state index in [0.29, 0.717) is 12.6 Å². The average molecular weight is 335 g/mol. The molecule has 116 valence electrons. The molecule has 0 amide bonds. The van der Waals surface area contributed by atoms with E-state index in [1.54, 1.807) is 11.3 Å². The standard InChI is InChI=1S/C16H19ClN4S/c17-15-14(11-5-13(6-18)22-8-11)4-1-10-7-20(19)9-21(16(10)15)12-2-3-12/h1,4-5,8,12H,2-3,6-7,9,18-19H2. The monoisotopic (exact) mass is 334 g/mol. The van der Waals surface area contributed by atoms with Crippen molar-refractivity contribution in [3.63, 3.8) is 0 Å². The van der Waals surface area contributed by atoms with E-state index in [9.17, 15) is 0 Å². The van der Waals surface area contributed by atoms with Crippen LogP contribution in [-0.4, -0.2) is 17.7 Å². The quantitative estimate of drug-likeness (QED) is 0.847. The lowest BCUT2D eigenvalue weighted by Crippen LogP contribution is -2.47. The first-order valence-corrected chi connectivity index (χ1v) is 8.78. The van der Waals surface area contributed by atoms with Gasteiger partial charge in [-0.3, -0.25) is 5.84 Å². The molecule has 0 atom stereocenters. The molecule has 1 aliphatic carbocycles. The van der Waals surface area contributed by atoms with E-state index in [0.717, 1.165) is 29.4 Å². The topological polar surface area (TPSA) is 58.5 Å². The number of fused-ring (bicyclic) bond motifs is 1. The Hall–Kier alpha value is -1.11. The van der Waals surface area contributed by atoms with Crippen molar-refractivity contribution in [2.75, 3.05) is 11.6 Å². The van der Waals surface area contributed by atoms with Gasteiger partial charge < -0.3 is 10.6 Å². The molecule has 4 nitrogen and oxygen atoms in total. The van der Waals surface area contributed by atoms with Gasteiger partial charge in [-0.15, -0.1) is 11.3 Å². The Balaban J connectivity index is 1.81. The highest BCUT2D eigenvalue weighted by molar-refractivity contribution is 7.10. The van der Waals surface area contributed by atoms with E-state index in [4.69, 9.17) is 23.2 Å². The molecule has 1 aliphatic heterocycles. The van der Waals surface area contributed by atoms with Gasteiger partial charge in [-0.05, 0) is 35.4 Å². The van der Waals surface area contributed by atoms with Gasteiger partial charge in [-0.1, -0.05) is 23.7 Å². The summed E-state index contributed by atoms with van der Waals surface area (Å²) in [6, 6.07) is 6.98. The number of nitrogens with two attached hydrogens (primary N) is 2. The number of halogens is 1. The second kappa shape index (κ2) is 5.51. The zero-order valence-corrected chi connectivity index (χ0v) is 13.8. The lowest BCUT2D eigenvalue weighted by atomic mass is 10.0. The van der Waals surface area contributed by atoms with Crippen LogP contribution in [0.4, 0.5) is 5.69 Å². The van der Waals surface area contributed by atoms with Gasteiger partial charge in [-0.25, -0.2) is 5.01 Å². The number of benzene rings is 1. The number of nitrogens with zero attached hydrogens (tertiary/aromatic N) is 2. The predicted molar refractivity (Wildman–Crippen MR) is 92.8 cm³/mol. The Labute approximate surface area is 139 Å². The number of rotatable bonds is 3. The summed E-state index contributed by atoms with van der Waals surface area (Å²) >= 11 is 8.49. The Morgan fingerprint density at radius 1 is 1.32 bits per heavy atom. The fourth-order valence-corrected chi connectivity index (χ4v) is 4.28. The molecule has 2 heterocycles. The molecule has 2 aliphatic rings. The minimum absolute atomic E-state index is 0.573. The molecule has 22 heavy (non-hydrogen) atoms. The summed E-state index contributed by atoms with van der Waals surface area (Å²) in [5, 5.41) is 4.84. The molecule has 0 unspecified atom stereocenters. The summed E-state index contributed by atoms with van der Waals surface area (Å²) in [6.45, 7) is 2.07. The van der Waals surface area contributed by atoms with Crippen LogP contribution in [0.15, 0.2) is 23.6 Å². The first-order chi connectivity index (χ1) is 10.7. The summed E-state index contributed by atoms with van der Waals surface area (Å²) in [4.78, 5) is 3.54. The molecule has 0 saturated heterocycles. The van der Waals surface area contributed by atoms with Crippen LogP contribution in [0.1, 0.15) is 23.3 Å². The SMILES string of the molecule is NCc1cc(-c2ccc3c(c2Cl)N(C2CC2)CN(N)C3)cs1. The van der Waals surface area contributed by atoms with Crippen LogP contribution in [0, 0.1) is 0 Å². The number of anilines is 1. The third-order valence-electron chi connectivity index (χ3n) is 4.35. The van der Waals surface area contributed by atoms with Crippen molar-refractivity contribution in [1.29, 1.82) is 0 Å². The smallest absolute Gasteiger partial charge is 0.0844 e. The summed E-state index contributed by atoms with van der Waals surface area (Å²) in [6.07, 6.45) is 2.45. The fourth-order valence-electron chi connectivity index (χ4n) is 3.11. The highest BCUT2D eigenvalue weighted by atomic mass is 35.5. The first kappa shape index (κ1) is 14.5. The van der Waals surface area contributed by atoms with Crippen LogP contribution in [0.5, 0.6) is 0 Å². The van der Waals surface area contributed by atoms with E-state index < -0.39 is 0 Å². The van der Waals surface area contributed by atoms with Gasteiger partial charge in [0.15, 0.2) is 0 Å². The molecule has 0 bridgehead atoms. The predicted octanol–water partition coefficient (Wildman–Crippen LogP) is 3.14. The third-order valence-corrected chi connectivity index (χ3v) is 5.69.